The topological polar surface area (TPSA) is 61.4 Å². The predicted octanol–water partition coefficient (Wildman–Crippen LogP) is 6.33. The van der Waals surface area contributed by atoms with Gasteiger partial charge in [0.1, 0.15) is 11.0 Å². The molecule has 0 bridgehead atoms. The average molecular weight is 565 g/mol. The van der Waals surface area contributed by atoms with Gasteiger partial charge in [-0.1, -0.05) is 83.5 Å². The van der Waals surface area contributed by atoms with Crippen LogP contribution in [-0.4, -0.2) is 42.1 Å². The molecule has 4 aromatic rings. The molecule has 1 aliphatic heterocycles. The molecule has 3 aromatic carbocycles. The molecule has 0 aliphatic carbocycles. The summed E-state index contributed by atoms with van der Waals surface area (Å²) in [6.07, 6.45) is 0. The van der Waals surface area contributed by atoms with Crippen LogP contribution in [-0.2, 0) is 12.3 Å². The maximum absolute atomic E-state index is 12.5. The van der Waals surface area contributed by atoms with Gasteiger partial charge in [-0.25, -0.2) is 9.97 Å². The molecule has 0 saturated carbocycles. The van der Waals surface area contributed by atoms with Crippen molar-refractivity contribution in [3.63, 3.8) is 0 Å². The average Bonchev–Trinajstić information content (AvgIpc) is 2.95. The molecule has 1 fully saturated rings. The highest BCUT2D eigenvalue weighted by Crippen LogP contribution is 2.27. The first-order chi connectivity index (χ1) is 18.5. The number of hydrogen-bond acceptors (Lipinski definition) is 6. The molecule has 9 heteroatoms. The Labute approximate surface area is 237 Å². The van der Waals surface area contributed by atoms with Gasteiger partial charge in [0, 0.05) is 60.8 Å². The zero-order valence-electron chi connectivity index (χ0n) is 20.7. The Morgan fingerprint density at radius 1 is 0.816 bits per heavy atom. The third-order valence-corrected chi connectivity index (χ3v) is 7.66. The Kier molecular flexibility index (Phi) is 8.68. The lowest BCUT2D eigenvalue weighted by atomic mass is 10.1. The van der Waals surface area contributed by atoms with Gasteiger partial charge >= 0.3 is 0 Å². The lowest BCUT2D eigenvalue weighted by Gasteiger charge is -2.36. The third-order valence-electron chi connectivity index (χ3n) is 6.32. The Hall–Kier alpha value is -3.26. The number of nitrogens with zero attached hydrogens (tertiary/aromatic N) is 4. The molecule has 1 aliphatic rings. The first-order valence-corrected chi connectivity index (χ1v) is 14.1. The van der Waals surface area contributed by atoms with Crippen molar-refractivity contribution in [3.05, 3.63) is 112 Å². The summed E-state index contributed by atoms with van der Waals surface area (Å²) in [6.45, 7) is 3.91. The summed E-state index contributed by atoms with van der Waals surface area (Å²) < 4.78 is 0. The molecule has 0 radical (unpaired) electrons. The van der Waals surface area contributed by atoms with E-state index in [9.17, 15) is 4.79 Å². The van der Waals surface area contributed by atoms with E-state index in [-0.39, 0.29) is 5.91 Å². The van der Waals surface area contributed by atoms with Crippen LogP contribution in [0.1, 0.15) is 21.5 Å². The van der Waals surface area contributed by atoms with Crippen molar-refractivity contribution >= 4 is 52.4 Å². The minimum Gasteiger partial charge on any atom is -0.368 e. The standard InChI is InChI=1S/C29H27Cl2N5OS/c30-24-7-4-8-25(17-24)35-13-15-36(16-14-35)27-18-26(31)33-29(34-27)38-20-22-9-11-23(12-10-22)28(37)32-19-21-5-2-1-3-6-21/h1-12,17-18H,13-16,19-20H2,(H,32,37). The molecular weight excluding hydrogens is 537 g/mol. The summed E-state index contributed by atoms with van der Waals surface area (Å²) >= 11 is 14.1. The van der Waals surface area contributed by atoms with Crippen LogP contribution in [0.2, 0.25) is 10.2 Å². The van der Waals surface area contributed by atoms with Crippen molar-refractivity contribution in [2.75, 3.05) is 36.0 Å². The molecule has 194 valence electrons. The fourth-order valence-electron chi connectivity index (χ4n) is 4.26. The molecule has 1 N–H and O–H groups in total. The van der Waals surface area contributed by atoms with E-state index in [0.717, 1.165) is 53.8 Å². The summed E-state index contributed by atoms with van der Waals surface area (Å²) in [6, 6.07) is 27.3. The maximum atomic E-state index is 12.5. The predicted molar refractivity (Wildman–Crippen MR) is 157 cm³/mol. The van der Waals surface area contributed by atoms with Crippen LogP contribution in [0.25, 0.3) is 0 Å². The number of anilines is 2. The van der Waals surface area contributed by atoms with E-state index in [1.165, 1.54) is 11.8 Å². The minimum atomic E-state index is -0.0914. The number of rotatable bonds is 8. The normalized spacial score (nSPS) is 13.4. The Morgan fingerprint density at radius 2 is 1.55 bits per heavy atom. The number of piperazine rings is 1. The summed E-state index contributed by atoms with van der Waals surface area (Å²) in [5, 5.41) is 4.77. The summed E-state index contributed by atoms with van der Waals surface area (Å²) in [5.74, 6) is 1.42. The molecule has 5 rings (SSSR count). The minimum absolute atomic E-state index is 0.0914. The van der Waals surface area contributed by atoms with Crippen LogP contribution < -0.4 is 15.1 Å². The van der Waals surface area contributed by atoms with Crippen molar-refractivity contribution in [1.29, 1.82) is 0 Å². The van der Waals surface area contributed by atoms with E-state index in [0.29, 0.717) is 28.2 Å². The van der Waals surface area contributed by atoms with E-state index < -0.39 is 0 Å². The first kappa shape index (κ1) is 26.4. The molecule has 2 heterocycles. The van der Waals surface area contributed by atoms with E-state index in [2.05, 4.69) is 26.2 Å². The quantitative estimate of drug-likeness (QED) is 0.153. The second-order valence-electron chi connectivity index (χ2n) is 8.94. The number of nitrogens with one attached hydrogen (secondary N) is 1. The van der Waals surface area contributed by atoms with Crippen molar-refractivity contribution in [2.45, 2.75) is 17.5 Å². The number of benzene rings is 3. The van der Waals surface area contributed by atoms with Crippen LogP contribution in [0.4, 0.5) is 11.5 Å². The molecule has 0 atom stereocenters. The number of thioether (sulfide) groups is 1. The van der Waals surface area contributed by atoms with Crippen LogP contribution >= 0.6 is 35.0 Å². The summed E-state index contributed by atoms with van der Waals surface area (Å²) in [7, 11) is 0. The molecule has 0 unspecified atom stereocenters. The van der Waals surface area contributed by atoms with Gasteiger partial charge in [-0.2, -0.15) is 0 Å². The van der Waals surface area contributed by atoms with Gasteiger partial charge < -0.3 is 15.1 Å². The fourth-order valence-corrected chi connectivity index (χ4v) is 5.48. The van der Waals surface area contributed by atoms with Crippen LogP contribution in [0, 0.1) is 0 Å². The number of carbonyl (C=O) groups is 1. The highest BCUT2D eigenvalue weighted by molar-refractivity contribution is 7.98. The van der Waals surface area contributed by atoms with Crippen LogP contribution in [0.15, 0.2) is 90.1 Å². The zero-order chi connectivity index (χ0) is 26.3. The molecule has 1 aromatic heterocycles. The number of carbonyl (C=O) groups excluding carboxylic acids is 1. The largest absolute Gasteiger partial charge is 0.368 e. The maximum Gasteiger partial charge on any atom is 0.251 e. The van der Waals surface area contributed by atoms with Crippen molar-refractivity contribution in [2.24, 2.45) is 0 Å². The molecule has 6 nitrogen and oxygen atoms in total. The van der Waals surface area contributed by atoms with Crippen molar-refractivity contribution < 1.29 is 4.79 Å². The van der Waals surface area contributed by atoms with Gasteiger partial charge in [-0.05, 0) is 41.5 Å². The number of hydrogen-bond donors (Lipinski definition) is 1. The summed E-state index contributed by atoms with van der Waals surface area (Å²) in [4.78, 5) is 26.2. The number of amides is 1. The fraction of sp³-hybridized carbons (Fsp3) is 0.207. The van der Waals surface area contributed by atoms with Gasteiger partial charge in [0.2, 0.25) is 0 Å². The Balaban J connectivity index is 1.15. The van der Waals surface area contributed by atoms with Gasteiger partial charge in [-0.15, -0.1) is 0 Å². The molecule has 38 heavy (non-hydrogen) atoms. The lowest BCUT2D eigenvalue weighted by Crippen LogP contribution is -2.46. The van der Waals surface area contributed by atoms with E-state index in [1.807, 2.05) is 78.9 Å². The van der Waals surface area contributed by atoms with Crippen LogP contribution in [0.3, 0.4) is 0 Å². The monoisotopic (exact) mass is 563 g/mol. The number of halogens is 2. The Morgan fingerprint density at radius 3 is 2.29 bits per heavy atom. The lowest BCUT2D eigenvalue weighted by molar-refractivity contribution is 0.0951. The highest BCUT2D eigenvalue weighted by atomic mass is 35.5. The molecule has 1 saturated heterocycles. The van der Waals surface area contributed by atoms with E-state index in [4.69, 9.17) is 28.2 Å². The second-order valence-corrected chi connectivity index (χ2v) is 10.7. The van der Waals surface area contributed by atoms with Crippen molar-refractivity contribution in [3.8, 4) is 0 Å². The Bertz CT molecular complexity index is 1380. The zero-order valence-corrected chi connectivity index (χ0v) is 23.0. The SMILES string of the molecule is O=C(NCc1ccccc1)c1ccc(CSc2nc(Cl)cc(N3CCN(c4cccc(Cl)c4)CC3)n2)cc1. The van der Waals surface area contributed by atoms with Gasteiger partial charge in [0.15, 0.2) is 5.16 Å². The van der Waals surface area contributed by atoms with E-state index >= 15 is 0 Å². The van der Waals surface area contributed by atoms with Crippen LogP contribution in [0.5, 0.6) is 0 Å². The third kappa shape index (κ3) is 6.98. The first-order valence-electron chi connectivity index (χ1n) is 12.4. The van der Waals surface area contributed by atoms with Gasteiger partial charge in [0.05, 0.1) is 0 Å². The van der Waals surface area contributed by atoms with Gasteiger partial charge in [-0.3, -0.25) is 4.79 Å². The number of aromatic nitrogens is 2. The van der Waals surface area contributed by atoms with Crippen molar-refractivity contribution in [1.82, 2.24) is 15.3 Å². The smallest absolute Gasteiger partial charge is 0.251 e. The molecule has 1 amide bonds. The second kappa shape index (κ2) is 12.5. The van der Waals surface area contributed by atoms with Gasteiger partial charge in [0.25, 0.3) is 5.91 Å². The summed E-state index contributed by atoms with van der Waals surface area (Å²) in [5.41, 5.74) is 3.91. The van der Waals surface area contributed by atoms with E-state index in [1.54, 1.807) is 0 Å². The molecule has 0 spiro atoms. The highest BCUT2D eigenvalue weighted by Gasteiger charge is 2.20. The molecular formula is C29H27Cl2N5OS.